The van der Waals surface area contributed by atoms with Crippen molar-refractivity contribution in [2.45, 2.75) is 24.3 Å². The molecular weight excluding hydrogens is 163 g/mol. The van der Waals surface area contributed by atoms with Crippen molar-refractivity contribution < 1.29 is 24.1 Å². The van der Waals surface area contributed by atoms with Crippen molar-refractivity contribution in [2.24, 2.45) is 0 Å². The molecule has 2 saturated heterocycles. The third kappa shape index (κ3) is 0.989. The number of hydrogen-bond acceptors (Lipinski definition) is 5. The number of aliphatic hydroxyl groups is 1. The van der Waals surface area contributed by atoms with Crippen LogP contribution in [0.1, 0.15) is 0 Å². The van der Waals surface area contributed by atoms with Crippen molar-refractivity contribution in [2.75, 3.05) is 6.61 Å². The van der Waals surface area contributed by atoms with E-state index in [9.17, 15) is 4.79 Å². The molecule has 0 amide bonds. The average Bonchev–Trinajstić information content (AvgIpc) is 2.52. The van der Waals surface area contributed by atoms with E-state index in [0.29, 0.717) is 0 Å². The highest BCUT2D eigenvalue weighted by Gasteiger charge is 2.51. The summed E-state index contributed by atoms with van der Waals surface area (Å²) in [7, 11) is 5.46. The van der Waals surface area contributed by atoms with E-state index in [1.807, 2.05) is 0 Å². The number of aliphatic hydroxyl groups excluding tert-OH is 1. The predicted molar refractivity (Wildman–Crippen MR) is 36.6 cm³/mol. The summed E-state index contributed by atoms with van der Waals surface area (Å²) < 4.78 is 14.5. The molecule has 2 rings (SSSR count). The molecule has 0 spiro atoms. The average molecular weight is 170 g/mol. The van der Waals surface area contributed by atoms with Gasteiger partial charge in [0, 0.05) is 0 Å². The molecule has 0 aliphatic carbocycles. The lowest BCUT2D eigenvalue weighted by Crippen LogP contribution is -2.31. The van der Waals surface area contributed by atoms with E-state index in [1.165, 1.54) is 0 Å². The number of carbonyl (C=O) groups is 1. The Labute approximate surface area is 70.0 Å². The van der Waals surface area contributed by atoms with Crippen LogP contribution in [0.3, 0.4) is 0 Å². The van der Waals surface area contributed by atoms with Gasteiger partial charge in [0.05, 0.1) is 12.6 Å². The van der Waals surface area contributed by atoms with Gasteiger partial charge in [-0.2, -0.15) is 0 Å². The van der Waals surface area contributed by atoms with Crippen LogP contribution in [0.25, 0.3) is 0 Å². The molecule has 0 aromatic heterocycles. The summed E-state index contributed by atoms with van der Waals surface area (Å²) in [6.07, 6.45) is -2.44. The summed E-state index contributed by atoms with van der Waals surface area (Å²) in [5.74, 6) is 0. The van der Waals surface area contributed by atoms with Crippen LogP contribution >= 0.6 is 0 Å². The minimum Gasteiger partial charge on any atom is -0.425 e. The Hall–Kier alpha value is -0.745. The van der Waals surface area contributed by atoms with Crippen LogP contribution in [0.2, 0.25) is 0 Å². The Morgan fingerprint density at radius 3 is 2.75 bits per heavy atom. The van der Waals surface area contributed by atoms with Crippen LogP contribution in [0.4, 0.5) is 4.79 Å². The molecule has 5 nitrogen and oxygen atoms in total. The zero-order chi connectivity index (χ0) is 8.72. The fourth-order valence-electron chi connectivity index (χ4n) is 1.43. The number of carbonyl (C=O) groups excluding carboxylic acids is 1. The van der Waals surface area contributed by atoms with E-state index in [0.717, 1.165) is 0 Å². The Bertz CT molecular complexity index is 208. The predicted octanol–water partition coefficient (Wildman–Crippen LogP) is -1.22. The van der Waals surface area contributed by atoms with Crippen LogP contribution in [-0.2, 0) is 14.2 Å². The van der Waals surface area contributed by atoms with Crippen LogP contribution in [-0.4, -0.2) is 50.0 Å². The molecule has 0 aromatic carbocycles. The van der Waals surface area contributed by atoms with Crippen molar-refractivity contribution in [3.63, 3.8) is 0 Å². The Morgan fingerprint density at radius 2 is 2.08 bits per heavy atom. The Balaban J connectivity index is 2.13. The molecule has 0 saturated carbocycles. The summed E-state index contributed by atoms with van der Waals surface area (Å²) >= 11 is 0. The van der Waals surface area contributed by atoms with E-state index in [2.05, 4.69) is 0 Å². The minimum absolute atomic E-state index is 0.231. The largest absolute Gasteiger partial charge is 0.509 e. The van der Waals surface area contributed by atoms with Gasteiger partial charge in [0.1, 0.15) is 14.0 Å². The molecule has 4 atom stereocenters. The zero-order valence-electron chi connectivity index (χ0n) is 6.17. The lowest BCUT2D eigenvalue weighted by Gasteiger charge is -2.10. The number of fused-ring (bicyclic) bond motifs is 1. The molecule has 1 N–H and O–H groups in total. The van der Waals surface area contributed by atoms with Crippen molar-refractivity contribution in [3.05, 3.63) is 0 Å². The summed E-state index contributed by atoms with van der Waals surface area (Å²) in [6.45, 7) is -0.231. The highest BCUT2D eigenvalue weighted by atomic mass is 16.8. The number of ether oxygens (including phenoxy) is 3. The van der Waals surface area contributed by atoms with Crippen molar-refractivity contribution >= 4 is 14.0 Å². The quantitative estimate of drug-likeness (QED) is 0.394. The monoisotopic (exact) mass is 170 g/mol. The van der Waals surface area contributed by atoms with Crippen molar-refractivity contribution in [3.8, 4) is 0 Å². The molecule has 64 valence electrons. The lowest BCUT2D eigenvalue weighted by molar-refractivity contribution is -0.0189. The topological polar surface area (TPSA) is 65.0 Å². The molecule has 6 heteroatoms. The molecule has 2 unspecified atom stereocenters. The summed E-state index contributed by atoms with van der Waals surface area (Å²) in [4.78, 5) is 10.6. The maximum Gasteiger partial charge on any atom is 0.509 e. The maximum absolute atomic E-state index is 10.6. The summed E-state index contributed by atoms with van der Waals surface area (Å²) in [5.41, 5.74) is 0. The highest BCUT2D eigenvalue weighted by Crippen LogP contribution is 2.30. The molecule has 0 aromatic rings. The van der Waals surface area contributed by atoms with Crippen LogP contribution < -0.4 is 0 Å². The van der Waals surface area contributed by atoms with Crippen LogP contribution in [0.5, 0.6) is 0 Å². The second kappa shape index (κ2) is 2.64. The summed E-state index contributed by atoms with van der Waals surface area (Å²) in [5, 5.41) is 8.79. The van der Waals surface area contributed by atoms with Gasteiger partial charge in [-0.15, -0.1) is 0 Å². The first-order valence-corrected chi connectivity index (χ1v) is 3.61. The Morgan fingerprint density at radius 1 is 1.42 bits per heavy atom. The third-order valence-electron chi connectivity index (χ3n) is 1.99. The van der Waals surface area contributed by atoms with Gasteiger partial charge >= 0.3 is 6.16 Å². The highest BCUT2D eigenvalue weighted by molar-refractivity contribution is 6.11. The molecule has 0 bridgehead atoms. The fourth-order valence-corrected chi connectivity index (χ4v) is 1.43. The van der Waals surface area contributed by atoms with Gasteiger partial charge in [-0.05, 0) is 0 Å². The van der Waals surface area contributed by atoms with Gasteiger partial charge in [-0.1, -0.05) is 0 Å². The van der Waals surface area contributed by atoms with Gasteiger partial charge in [-0.3, -0.25) is 0 Å². The molecule has 2 aliphatic heterocycles. The second-order valence-electron chi connectivity index (χ2n) is 2.74. The first-order chi connectivity index (χ1) is 5.72. The first-order valence-electron chi connectivity index (χ1n) is 3.61. The van der Waals surface area contributed by atoms with Crippen LogP contribution in [0, 0.1) is 0 Å². The van der Waals surface area contributed by atoms with Crippen molar-refractivity contribution in [1.82, 2.24) is 0 Å². The molecular formula is C6H7BO5. The normalized spacial score (nSPS) is 45.2. The molecule has 12 heavy (non-hydrogen) atoms. The minimum atomic E-state index is -0.748. The van der Waals surface area contributed by atoms with Gasteiger partial charge in [0.2, 0.25) is 0 Å². The Kier molecular flexibility index (Phi) is 1.73. The number of rotatable bonds is 1. The van der Waals surface area contributed by atoms with Gasteiger partial charge in [-0.25, -0.2) is 4.79 Å². The molecule has 2 aliphatic rings. The van der Waals surface area contributed by atoms with E-state index in [1.54, 1.807) is 0 Å². The van der Waals surface area contributed by atoms with Crippen LogP contribution in [0.15, 0.2) is 0 Å². The van der Waals surface area contributed by atoms with Gasteiger partial charge in [0.15, 0.2) is 12.2 Å². The van der Waals surface area contributed by atoms with Gasteiger partial charge in [0.25, 0.3) is 0 Å². The molecule has 2 fully saturated rings. The van der Waals surface area contributed by atoms with Gasteiger partial charge < -0.3 is 19.3 Å². The fraction of sp³-hybridized carbons (Fsp3) is 0.833. The SMILES string of the molecule is [B][C@@H]1O[C@H](CO)C2OC(=O)OC21. The molecule has 2 heterocycles. The zero-order valence-corrected chi connectivity index (χ0v) is 6.17. The number of hydrogen-bond donors (Lipinski definition) is 1. The lowest BCUT2D eigenvalue weighted by atomic mass is 9.93. The second-order valence-corrected chi connectivity index (χ2v) is 2.74. The standard InChI is InChI=1S/C6H7BO5/c7-5-4-3(2(1-8)10-5)11-6(9)12-4/h2-5,8H,1H2/t2-,3?,4?,5-/m1/s1. The smallest absolute Gasteiger partial charge is 0.425 e. The van der Waals surface area contributed by atoms with E-state index >= 15 is 0 Å². The van der Waals surface area contributed by atoms with E-state index < -0.39 is 30.5 Å². The van der Waals surface area contributed by atoms with Crippen molar-refractivity contribution in [1.29, 1.82) is 0 Å². The molecule has 2 radical (unpaired) electrons. The third-order valence-corrected chi connectivity index (χ3v) is 1.99. The van der Waals surface area contributed by atoms with E-state index in [4.69, 9.17) is 27.2 Å². The van der Waals surface area contributed by atoms with E-state index in [-0.39, 0.29) is 6.61 Å². The summed E-state index contributed by atoms with van der Waals surface area (Å²) in [6, 6.07) is -0.696. The maximum atomic E-state index is 10.6. The first kappa shape index (κ1) is 7.88.